The second kappa shape index (κ2) is 5.53. The van der Waals surface area contributed by atoms with Crippen molar-refractivity contribution >= 4 is 11.9 Å². The highest BCUT2D eigenvalue weighted by molar-refractivity contribution is 5.64. The van der Waals surface area contributed by atoms with E-state index in [4.69, 9.17) is 0 Å². The number of aliphatic imine (C=N–C) groups is 1. The molecule has 0 saturated heterocycles. The van der Waals surface area contributed by atoms with E-state index in [0.717, 1.165) is 30.6 Å². The van der Waals surface area contributed by atoms with Crippen LogP contribution in [0.4, 0.5) is 5.69 Å². The molecule has 0 spiro atoms. The van der Waals surface area contributed by atoms with Crippen molar-refractivity contribution in [2.75, 3.05) is 0 Å². The van der Waals surface area contributed by atoms with Crippen LogP contribution in [0, 0.1) is 6.92 Å². The molecule has 1 rings (SSSR count). The van der Waals surface area contributed by atoms with Crippen molar-refractivity contribution in [1.82, 2.24) is 4.98 Å². The lowest BCUT2D eigenvalue weighted by Crippen LogP contribution is -1.87. The van der Waals surface area contributed by atoms with Gasteiger partial charge in [0, 0.05) is 12.4 Å². The van der Waals surface area contributed by atoms with Crippen molar-refractivity contribution < 1.29 is 0 Å². The van der Waals surface area contributed by atoms with Gasteiger partial charge in [0.25, 0.3) is 0 Å². The Balaban J connectivity index is 2.83. The third-order valence-electron chi connectivity index (χ3n) is 2.17. The van der Waals surface area contributed by atoms with Gasteiger partial charge in [-0.2, -0.15) is 0 Å². The van der Waals surface area contributed by atoms with Gasteiger partial charge in [-0.05, 0) is 31.4 Å². The number of aryl methyl sites for hydroxylation is 2. The summed E-state index contributed by atoms with van der Waals surface area (Å²) in [5.74, 6) is 0. The Kier molecular flexibility index (Phi) is 4.30. The van der Waals surface area contributed by atoms with Gasteiger partial charge >= 0.3 is 0 Å². The van der Waals surface area contributed by atoms with E-state index in [1.807, 2.05) is 19.3 Å². The molecule has 1 aromatic rings. The monoisotopic (exact) mass is 190 g/mol. The van der Waals surface area contributed by atoms with Crippen LogP contribution in [0.15, 0.2) is 17.3 Å². The van der Waals surface area contributed by atoms with E-state index in [-0.39, 0.29) is 0 Å². The van der Waals surface area contributed by atoms with Gasteiger partial charge in [-0.25, -0.2) is 0 Å². The Bertz CT molecular complexity index is 316. The highest BCUT2D eigenvalue weighted by Gasteiger charge is 1.97. The topological polar surface area (TPSA) is 25.2 Å². The number of aromatic nitrogens is 1. The summed E-state index contributed by atoms with van der Waals surface area (Å²) in [5, 5.41) is 0. The van der Waals surface area contributed by atoms with E-state index in [9.17, 15) is 0 Å². The van der Waals surface area contributed by atoms with Crippen LogP contribution < -0.4 is 0 Å². The van der Waals surface area contributed by atoms with Crippen LogP contribution in [-0.4, -0.2) is 11.2 Å². The average Bonchev–Trinajstić information content (AvgIpc) is 2.21. The second-order valence-electron chi connectivity index (χ2n) is 3.40. The van der Waals surface area contributed by atoms with Crippen molar-refractivity contribution in [1.29, 1.82) is 0 Å². The highest BCUT2D eigenvalue weighted by atomic mass is 14.8. The molecule has 0 aliphatic carbocycles. The number of nitrogens with zero attached hydrogens (tertiary/aromatic N) is 2. The number of pyridine rings is 1. The van der Waals surface area contributed by atoms with Crippen molar-refractivity contribution in [3.05, 3.63) is 23.5 Å². The zero-order valence-corrected chi connectivity index (χ0v) is 9.25. The van der Waals surface area contributed by atoms with Crippen molar-refractivity contribution in [2.24, 2.45) is 4.99 Å². The minimum absolute atomic E-state index is 1.01. The number of rotatable bonds is 4. The van der Waals surface area contributed by atoms with Crippen molar-refractivity contribution in [3.63, 3.8) is 0 Å². The normalized spacial score (nSPS) is 11.1. The van der Waals surface area contributed by atoms with Crippen LogP contribution in [0.3, 0.4) is 0 Å². The van der Waals surface area contributed by atoms with E-state index in [1.165, 1.54) is 5.56 Å². The third kappa shape index (κ3) is 2.95. The maximum Gasteiger partial charge on any atom is 0.0840 e. The van der Waals surface area contributed by atoms with Crippen molar-refractivity contribution in [3.8, 4) is 0 Å². The molecule has 2 heteroatoms. The van der Waals surface area contributed by atoms with Gasteiger partial charge < -0.3 is 0 Å². The van der Waals surface area contributed by atoms with Crippen LogP contribution in [-0.2, 0) is 6.42 Å². The Morgan fingerprint density at radius 2 is 2.21 bits per heavy atom. The molecular weight excluding hydrogens is 172 g/mol. The second-order valence-corrected chi connectivity index (χ2v) is 3.40. The summed E-state index contributed by atoms with van der Waals surface area (Å²) in [5.41, 5.74) is 3.27. The maximum atomic E-state index is 4.42. The fraction of sp³-hybridized carbons (Fsp3) is 0.500. The molecule has 0 N–H and O–H groups in total. The molecule has 0 saturated carbocycles. The van der Waals surface area contributed by atoms with E-state index in [0.29, 0.717) is 0 Å². The molecule has 0 amide bonds. The van der Waals surface area contributed by atoms with Crippen molar-refractivity contribution in [2.45, 2.75) is 40.0 Å². The maximum absolute atomic E-state index is 4.42. The van der Waals surface area contributed by atoms with E-state index >= 15 is 0 Å². The van der Waals surface area contributed by atoms with Gasteiger partial charge in [0.15, 0.2) is 0 Å². The molecule has 14 heavy (non-hydrogen) atoms. The first-order chi connectivity index (χ1) is 6.77. The van der Waals surface area contributed by atoms with Gasteiger partial charge in [0.05, 0.1) is 11.4 Å². The minimum atomic E-state index is 1.01. The zero-order valence-electron chi connectivity index (χ0n) is 9.25. The fourth-order valence-electron chi connectivity index (χ4n) is 1.18. The van der Waals surface area contributed by atoms with Crippen LogP contribution in [0.5, 0.6) is 0 Å². The molecule has 1 aromatic heterocycles. The number of hydrogen-bond donors (Lipinski definition) is 0. The Hall–Kier alpha value is -1.18. The highest BCUT2D eigenvalue weighted by Crippen LogP contribution is 2.17. The third-order valence-corrected chi connectivity index (χ3v) is 2.17. The molecule has 1 heterocycles. The molecule has 0 fully saturated rings. The summed E-state index contributed by atoms with van der Waals surface area (Å²) < 4.78 is 0. The lowest BCUT2D eigenvalue weighted by atomic mass is 10.2. The van der Waals surface area contributed by atoms with Crippen LogP contribution in [0.2, 0.25) is 0 Å². The average molecular weight is 190 g/mol. The molecule has 0 atom stereocenters. The SMILES string of the molecule is CCC/C=N\c1cc(CC)cnc1C. The van der Waals surface area contributed by atoms with E-state index in [2.05, 4.69) is 29.9 Å². The first-order valence-electron chi connectivity index (χ1n) is 5.26. The van der Waals surface area contributed by atoms with Gasteiger partial charge in [-0.1, -0.05) is 20.3 Å². The number of hydrogen-bond acceptors (Lipinski definition) is 2. The van der Waals surface area contributed by atoms with Crippen LogP contribution in [0.1, 0.15) is 37.9 Å². The van der Waals surface area contributed by atoms with Crippen LogP contribution in [0.25, 0.3) is 0 Å². The van der Waals surface area contributed by atoms with Gasteiger partial charge in [-0.3, -0.25) is 9.98 Å². The first-order valence-corrected chi connectivity index (χ1v) is 5.26. The predicted octanol–water partition coefficient (Wildman–Crippen LogP) is 3.45. The van der Waals surface area contributed by atoms with E-state index < -0.39 is 0 Å². The van der Waals surface area contributed by atoms with Gasteiger partial charge in [-0.15, -0.1) is 0 Å². The summed E-state index contributed by atoms with van der Waals surface area (Å²) >= 11 is 0. The standard InChI is InChI=1S/C12H18N2/c1-4-6-7-13-12-8-11(5-2)9-14-10(12)3/h7-9H,4-6H2,1-3H3/b13-7-. The van der Waals surface area contributed by atoms with Gasteiger partial charge in [0.1, 0.15) is 0 Å². The minimum Gasteiger partial charge on any atom is -0.259 e. The molecular formula is C12H18N2. The molecule has 0 unspecified atom stereocenters. The quantitative estimate of drug-likeness (QED) is 0.667. The van der Waals surface area contributed by atoms with Crippen LogP contribution >= 0.6 is 0 Å². The molecule has 0 bridgehead atoms. The number of unbranched alkanes of at least 4 members (excludes halogenated alkanes) is 1. The zero-order chi connectivity index (χ0) is 10.4. The lowest BCUT2D eigenvalue weighted by Gasteiger charge is -2.01. The summed E-state index contributed by atoms with van der Waals surface area (Å²) in [6, 6.07) is 2.12. The molecule has 0 aliphatic heterocycles. The smallest absolute Gasteiger partial charge is 0.0840 e. The summed E-state index contributed by atoms with van der Waals surface area (Å²) in [6.45, 7) is 6.28. The summed E-state index contributed by atoms with van der Waals surface area (Å²) in [6.07, 6.45) is 7.10. The Morgan fingerprint density at radius 1 is 1.43 bits per heavy atom. The molecule has 76 valence electrons. The lowest BCUT2D eigenvalue weighted by molar-refractivity contribution is 1.01. The van der Waals surface area contributed by atoms with E-state index in [1.54, 1.807) is 0 Å². The molecule has 0 aromatic carbocycles. The Morgan fingerprint density at radius 3 is 2.86 bits per heavy atom. The molecule has 0 aliphatic rings. The predicted molar refractivity (Wildman–Crippen MR) is 61.4 cm³/mol. The summed E-state index contributed by atoms with van der Waals surface area (Å²) in [4.78, 5) is 8.73. The molecule has 2 nitrogen and oxygen atoms in total. The van der Waals surface area contributed by atoms with Gasteiger partial charge in [0.2, 0.25) is 0 Å². The Labute approximate surface area is 86.1 Å². The fourth-order valence-corrected chi connectivity index (χ4v) is 1.18. The summed E-state index contributed by atoms with van der Waals surface area (Å²) in [7, 11) is 0. The largest absolute Gasteiger partial charge is 0.259 e. The first kappa shape index (κ1) is 10.9. The molecule has 0 radical (unpaired) electrons.